The van der Waals surface area contributed by atoms with Crippen molar-refractivity contribution in [2.75, 3.05) is 53.5 Å². The molecule has 33 heavy (non-hydrogen) atoms. The average Bonchev–Trinajstić information content (AvgIpc) is 3.24. The van der Waals surface area contributed by atoms with Crippen LogP contribution >= 0.6 is 22.9 Å². The highest BCUT2D eigenvalue weighted by molar-refractivity contribution is 7.10. The van der Waals surface area contributed by atoms with Crippen molar-refractivity contribution in [1.29, 1.82) is 0 Å². The minimum absolute atomic E-state index is 0.00831. The third kappa shape index (κ3) is 8.21. The number of thiophene rings is 1. The molecule has 1 aromatic heterocycles. The predicted octanol–water partition coefficient (Wildman–Crippen LogP) is 3.75. The van der Waals surface area contributed by atoms with Crippen molar-refractivity contribution in [2.24, 2.45) is 0 Å². The first kappa shape index (κ1) is 27.0. The number of carbonyl (C=O) groups is 2. The van der Waals surface area contributed by atoms with Gasteiger partial charge < -0.3 is 24.0 Å². The van der Waals surface area contributed by atoms with E-state index in [2.05, 4.69) is 0 Å². The summed E-state index contributed by atoms with van der Waals surface area (Å²) in [6.07, 6.45) is 1.28. The van der Waals surface area contributed by atoms with Crippen LogP contribution in [0.3, 0.4) is 0 Å². The molecule has 0 fully saturated rings. The Kier molecular flexibility index (Phi) is 11.5. The molecule has 182 valence electrons. The molecule has 9 heteroatoms. The van der Waals surface area contributed by atoms with Crippen LogP contribution in [0.15, 0.2) is 29.6 Å². The third-order valence-electron chi connectivity index (χ3n) is 5.34. The molecule has 0 saturated heterocycles. The summed E-state index contributed by atoms with van der Waals surface area (Å²) >= 11 is 7.41. The number of carbonyl (C=O) groups excluding carboxylic acids is 2. The minimum Gasteiger partial charge on any atom is -0.493 e. The summed E-state index contributed by atoms with van der Waals surface area (Å²) in [4.78, 5) is 30.1. The van der Waals surface area contributed by atoms with Gasteiger partial charge >= 0.3 is 0 Å². The zero-order chi connectivity index (χ0) is 24.2. The number of nitrogens with zero attached hydrogens (tertiary/aromatic N) is 2. The molecule has 0 saturated carbocycles. The van der Waals surface area contributed by atoms with Crippen LogP contribution in [0.1, 0.15) is 22.4 Å². The second-order valence-electron chi connectivity index (χ2n) is 7.58. The van der Waals surface area contributed by atoms with E-state index in [9.17, 15) is 9.59 Å². The molecule has 7 nitrogen and oxygen atoms in total. The van der Waals surface area contributed by atoms with Gasteiger partial charge in [-0.2, -0.15) is 0 Å². The maximum absolute atomic E-state index is 13.3. The maximum Gasteiger partial charge on any atom is 0.242 e. The van der Waals surface area contributed by atoms with Gasteiger partial charge in [0.25, 0.3) is 0 Å². The van der Waals surface area contributed by atoms with Crippen LogP contribution < -0.4 is 9.47 Å². The second kappa shape index (κ2) is 14.1. The fourth-order valence-corrected chi connectivity index (χ4v) is 4.46. The van der Waals surface area contributed by atoms with Crippen molar-refractivity contribution >= 4 is 34.8 Å². The zero-order valence-electron chi connectivity index (χ0n) is 19.8. The number of ether oxygens (including phenoxy) is 3. The molecule has 1 aromatic carbocycles. The first-order valence-corrected chi connectivity index (χ1v) is 12.2. The molecule has 2 rings (SSSR count). The van der Waals surface area contributed by atoms with Crippen molar-refractivity contribution in [3.63, 3.8) is 0 Å². The van der Waals surface area contributed by atoms with Gasteiger partial charge in [-0.15, -0.1) is 22.9 Å². The summed E-state index contributed by atoms with van der Waals surface area (Å²) in [6.45, 7) is 3.97. The van der Waals surface area contributed by atoms with Crippen LogP contribution in [0, 0.1) is 6.92 Å². The summed E-state index contributed by atoms with van der Waals surface area (Å²) in [5.74, 6) is 0.789. The Labute approximate surface area is 205 Å². The molecule has 0 atom stereocenters. The highest BCUT2D eigenvalue weighted by Gasteiger charge is 2.22. The fraction of sp³-hybridized carbons (Fsp3) is 0.500. The van der Waals surface area contributed by atoms with E-state index in [0.717, 1.165) is 16.0 Å². The molecule has 0 aliphatic rings. The summed E-state index contributed by atoms with van der Waals surface area (Å²) in [6, 6.07) is 7.80. The molecule has 0 N–H and O–H groups in total. The first-order valence-electron chi connectivity index (χ1n) is 10.8. The summed E-state index contributed by atoms with van der Waals surface area (Å²) in [7, 11) is 4.81. The fourth-order valence-electron chi connectivity index (χ4n) is 3.37. The highest BCUT2D eigenvalue weighted by Crippen LogP contribution is 2.28. The van der Waals surface area contributed by atoms with E-state index in [-0.39, 0.29) is 24.2 Å². The first-order chi connectivity index (χ1) is 15.9. The van der Waals surface area contributed by atoms with E-state index >= 15 is 0 Å². The molecule has 2 aromatic rings. The summed E-state index contributed by atoms with van der Waals surface area (Å²) in [5.41, 5.74) is 2.18. The number of hydrogen-bond acceptors (Lipinski definition) is 6. The molecule has 0 spiro atoms. The standard InChI is InChI=1S/C24H33ClN2O5S/c1-18-9-13-33-22(18)16-27(11-8-19-6-7-20(31-3)21(14-19)32-4)24(29)17-26(23(28)15-25)10-5-12-30-2/h6-7,9,13-14H,5,8,10-12,15-17H2,1-4H3. The lowest BCUT2D eigenvalue weighted by molar-refractivity contribution is -0.139. The van der Waals surface area contributed by atoms with Crippen molar-refractivity contribution in [2.45, 2.75) is 26.3 Å². The predicted molar refractivity (Wildman–Crippen MR) is 132 cm³/mol. The Bertz CT molecular complexity index is 905. The number of hydrogen-bond donors (Lipinski definition) is 0. The molecule has 0 aliphatic carbocycles. The van der Waals surface area contributed by atoms with Gasteiger partial charge in [-0.3, -0.25) is 9.59 Å². The van der Waals surface area contributed by atoms with Crippen LogP contribution in [0.25, 0.3) is 0 Å². The Hall–Kier alpha value is -2.29. The lowest BCUT2D eigenvalue weighted by Crippen LogP contribution is -2.44. The van der Waals surface area contributed by atoms with Crippen LogP contribution in [-0.4, -0.2) is 75.1 Å². The Balaban J connectivity index is 2.16. The van der Waals surface area contributed by atoms with Gasteiger partial charge in [0, 0.05) is 31.7 Å². The van der Waals surface area contributed by atoms with E-state index in [1.54, 1.807) is 37.6 Å². The minimum atomic E-state index is -0.256. The van der Waals surface area contributed by atoms with E-state index in [1.807, 2.05) is 36.6 Å². The van der Waals surface area contributed by atoms with E-state index in [4.69, 9.17) is 25.8 Å². The van der Waals surface area contributed by atoms with Gasteiger partial charge in [0.05, 0.1) is 27.3 Å². The number of halogens is 1. The van der Waals surface area contributed by atoms with E-state index in [1.165, 1.54) is 4.90 Å². The van der Waals surface area contributed by atoms with Gasteiger partial charge in [-0.1, -0.05) is 6.07 Å². The van der Waals surface area contributed by atoms with Crippen LogP contribution in [-0.2, 0) is 27.3 Å². The van der Waals surface area contributed by atoms with E-state index < -0.39 is 0 Å². The normalized spacial score (nSPS) is 10.7. The van der Waals surface area contributed by atoms with Crippen molar-refractivity contribution in [3.05, 3.63) is 45.6 Å². The maximum atomic E-state index is 13.3. The molecular weight excluding hydrogens is 464 g/mol. The van der Waals surface area contributed by atoms with Crippen molar-refractivity contribution in [3.8, 4) is 11.5 Å². The van der Waals surface area contributed by atoms with Crippen LogP contribution in [0.5, 0.6) is 11.5 Å². The van der Waals surface area contributed by atoms with E-state index in [0.29, 0.717) is 50.6 Å². The molecule has 0 bridgehead atoms. The zero-order valence-corrected chi connectivity index (χ0v) is 21.3. The van der Waals surface area contributed by atoms with Crippen LogP contribution in [0.2, 0.25) is 0 Å². The molecule has 0 unspecified atom stereocenters. The van der Waals surface area contributed by atoms with Gasteiger partial charge in [0.1, 0.15) is 5.88 Å². The number of alkyl halides is 1. The monoisotopic (exact) mass is 496 g/mol. The quantitative estimate of drug-likeness (QED) is 0.294. The second-order valence-corrected chi connectivity index (χ2v) is 8.84. The average molecular weight is 497 g/mol. The number of rotatable bonds is 14. The molecule has 2 amide bonds. The molecular formula is C24H33ClN2O5S. The van der Waals surface area contributed by atoms with Crippen molar-refractivity contribution in [1.82, 2.24) is 9.80 Å². The number of benzene rings is 1. The van der Waals surface area contributed by atoms with Gasteiger partial charge in [-0.05, 0) is 54.5 Å². The molecule has 0 radical (unpaired) electrons. The number of aryl methyl sites for hydroxylation is 1. The molecule has 0 aliphatic heterocycles. The third-order valence-corrected chi connectivity index (χ3v) is 6.58. The summed E-state index contributed by atoms with van der Waals surface area (Å²) in [5, 5.41) is 2.02. The van der Waals surface area contributed by atoms with Gasteiger partial charge in [0.15, 0.2) is 11.5 Å². The van der Waals surface area contributed by atoms with Gasteiger partial charge in [0.2, 0.25) is 11.8 Å². The van der Waals surface area contributed by atoms with Crippen molar-refractivity contribution < 1.29 is 23.8 Å². The van der Waals surface area contributed by atoms with Gasteiger partial charge in [-0.25, -0.2) is 0 Å². The number of methoxy groups -OCH3 is 3. The Morgan fingerprint density at radius 1 is 1.00 bits per heavy atom. The number of amides is 2. The molecule has 1 heterocycles. The SMILES string of the molecule is COCCCN(CC(=O)N(CCc1ccc(OC)c(OC)c1)Cc1sccc1C)C(=O)CCl. The highest BCUT2D eigenvalue weighted by atomic mass is 35.5. The largest absolute Gasteiger partial charge is 0.493 e. The topological polar surface area (TPSA) is 68.3 Å². The van der Waals surface area contributed by atoms with Crippen LogP contribution in [0.4, 0.5) is 0 Å². The summed E-state index contributed by atoms with van der Waals surface area (Å²) < 4.78 is 15.8. The lowest BCUT2D eigenvalue weighted by Gasteiger charge is -2.27. The smallest absolute Gasteiger partial charge is 0.242 e. The Morgan fingerprint density at radius 3 is 2.36 bits per heavy atom. The lowest BCUT2D eigenvalue weighted by atomic mass is 10.1. The Morgan fingerprint density at radius 2 is 1.76 bits per heavy atom.